The van der Waals surface area contributed by atoms with Crippen LogP contribution in [0.5, 0.6) is 0 Å². The molecule has 0 unspecified atom stereocenters. The van der Waals surface area contributed by atoms with Gasteiger partial charge >= 0.3 is 0 Å². The number of benzene rings is 3. The number of Topliss-reactive ketones (excluding diaryl/α,β-unsaturated/α-hetero) is 1. The highest BCUT2D eigenvalue weighted by Crippen LogP contribution is 2.30. The fourth-order valence-electron chi connectivity index (χ4n) is 4.89. The van der Waals surface area contributed by atoms with Crippen LogP contribution in [0.2, 0.25) is 0 Å². The van der Waals surface area contributed by atoms with E-state index in [-0.39, 0.29) is 30.3 Å². The van der Waals surface area contributed by atoms with Crippen LogP contribution >= 0.6 is 0 Å². The summed E-state index contributed by atoms with van der Waals surface area (Å²) in [5, 5.41) is 21.4. The number of hydrogen-bond donors (Lipinski definition) is 3. The summed E-state index contributed by atoms with van der Waals surface area (Å²) < 4.78 is 1.86. The topological polar surface area (TPSA) is 99.5 Å². The lowest BCUT2D eigenvalue weighted by molar-refractivity contribution is -0.117. The van der Waals surface area contributed by atoms with Crippen molar-refractivity contribution in [3.05, 3.63) is 78.5 Å². The van der Waals surface area contributed by atoms with E-state index in [1.807, 2.05) is 77.6 Å². The van der Waals surface area contributed by atoms with Gasteiger partial charge in [-0.05, 0) is 92.4 Å². The van der Waals surface area contributed by atoms with Crippen molar-refractivity contribution in [3.8, 4) is 5.69 Å². The lowest BCUT2D eigenvalue weighted by Gasteiger charge is -2.31. The molecule has 1 saturated carbocycles. The smallest absolute Gasteiger partial charge is 0.227 e. The summed E-state index contributed by atoms with van der Waals surface area (Å²) in [7, 11) is 0. The summed E-state index contributed by atoms with van der Waals surface area (Å²) >= 11 is 0. The Morgan fingerprint density at radius 3 is 2.26 bits per heavy atom. The quantitative estimate of drug-likeness (QED) is 0.300. The maximum absolute atomic E-state index is 12.8. The first-order chi connectivity index (χ1) is 18.5. The van der Waals surface area contributed by atoms with Gasteiger partial charge in [-0.2, -0.15) is 5.10 Å². The number of hydrogen-bond acceptors (Lipinski definition) is 6. The number of nitrogens with one attached hydrogen (secondary N) is 2. The monoisotopic (exact) mass is 509 g/mol. The summed E-state index contributed by atoms with van der Waals surface area (Å²) in [6.07, 6.45) is 5.12. The predicted octanol–water partition coefficient (Wildman–Crippen LogP) is 4.63. The minimum Gasteiger partial charge on any atom is -0.393 e. The second-order valence-electron chi connectivity index (χ2n) is 10.2. The van der Waals surface area contributed by atoms with Crippen LogP contribution in [0.4, 0.5) is 17.1 Å². The zero-order chi connectivity index (χ0) is 26.1. The minimum absolute atomic E-state index is 0.0234. The summed E-state index contributed by atoms with van der Waals surface area (Å²) in [6, 6.07) is 21.3. The highest BCUT2D eigenvalue weighted by atomic mass is 16.3. The van der Waals surface area contributed by atoms with E-state index in [4.69, 9.17) is 0 Å². The Hall–Kier alpha value is -4.17. The molecule has 0 spiro atoms. The molecular weight excluding hydrogens is 478 g/mol. The Balaban J connectivity index is 1.07. The third kappa shape index (κ3) is 5.26. The normalized spacial score (nSPS) is 16.0. The van der Waals surface area contributed by atoms with Crippen molar-refractivity contribution in [2.45, 2.75) is 31.8 Å². The summed E-state index contributed by atoms with van der Waals surface area (Å²) in [6.45, 7) is 1.86. The Bertz CT molecular complexity index is 1450. The number of ketones is 1. The average molecular weight is 510 g/mol. The van der Waals surface area contributed by atoms with E-state index >= 15 is 0 Å². The van der Waals surface area contributed by atoms with Crippen LogP contribution < -0.4 is 15.5 Å². The fourth-order valence-corrected chi connectivity index (χ4v) is 4.89. The Labute approximate surface area is 221 Å². The highest BCUT2D eigenvalue weighted by Gasteiger charge is 2.29. The number of piperidine rings is 1. The molecule has 8 nitrogen and oxygen atoms in total. The van der Waals surface area contributed by atoms with Gasteiger partial charge in [0.25, 0.3) is 0 Å². The molecule has 8 heteroatoms. The Kier molecular flexibility index (Phi) is 6.55. The molecule has 3 N–H and O–H groups in total. The number of carbonyl (C=O) groups excluding carboxylic acids is 2. The molecule has 2 fully saturated rings. The second-order valence-corrected chi connectivity index (χ2v) is 10.2. The number of anilines is 3. The van der Waals surface area contributed by atoms with E-state index in [0.717, 1.165) is 72.4 Å². The zero-order valence-corrected chi connectivity index (χ0v) is 21.1. The average Bonchev–Trinajstić information content (AvgIpc) is 3.72. The third-order valence-corrected chi connectivity index (χ3v) is 7.37. The number of amides is 1. The fraction of sp³-hybridized carbons (Fsp3) is 0.300. The van der Waals surface area contributed by atoms with Crippen LogP contribution in [0, 0.1) is 5.92 Å². The molecule has 2 heterocycles. The molecule has 3 aromatic carbocycles. The van der Waals surface area contributed by atoms with Gasteiger partial charge in [0, 0.05) is 47.0 Å². The molecule has 2 aliphatic rings. The molecule has 0 bridgehead atoms. The Morgan fingerprint density at radius 1 is 0.868 bits per heavy atom. The van der Waals surface area contributed by atoms with Gasteiger partial charge in [0.1, 0.15) is 0 Å². The molecule has 1 aliphatic heterocycles. The number of aliphatic hydroxyl groups is 1. The van der Waals surface area contributed by atoms with Crippen molar-refractivity contribution in [1.29, 1.82) is 0 Å². The molecule has 1 saturated heterocycles. The van der Waals surface area contributed by atoms with Crippen molar-refractivity contribution in [2.75, 3.05) is 35.2 Å². The van der Waals surface area contributed by atoms with Crippen molar-refractivity contribution in [1.82, 2.24) is 9.78 Å². The van der Waals surface area contributed by atoms with E-state index in [1.54, 1.807) is 0 Å². The SMILES string of the molecule is O=C(CNc1ccc2c(cnn2-c2ccc(NC(=O)C3CC3)cc2)c1)c1ccc(N2CCC(O)CC2)cc1. The zero-order valence-electron chi connectivity index (χ0n) is 21.1. The molecule has 1 amide bonds. The van der Waals surface area contributed by atoms with E-state index in [2.05, 4.69) is 20.6 Å². The predicted molar refractivity (Wildman–Crippen MR) is 149 cm³/mol. The number of aliphatic hydroxyl groups excluding tert-OH is 1. The van der Waals surface area contributed by atoms with Gasteiger partial charge in [0.15, 0.2) is 5.78 Å². The van der Waals surface area contributed by atoms with Crippen LogP contribution in [-0.4, -0.2) is 52.3 Å². The maximum Gasteiger partial charge on any atom is 0.227 e. The molecule has 0 atom stereocenters. The van der Waals surface area contributed by atoms with Crippen LogP contribution in [0.25, 0.3) is 16.6 Å². The van der Waals surface area contributed by atoms with Crippen LogP contribution in [0.1, 0.15) is 36.0 Å². The van der Waals surface area contributed by atoms with Crippen molar-refractivity contribution in [3.63, 3.8) is 0 Å². The van der Waals surface area contributed by atoms with Crippen LogP contribution in [0.3, 0.4) is 0 Å². The van der Waals surface area contributed by atoms with Crippen molar-refractivity contribution >= 4 is 39.7 Å². The molecule has 38 heavy (non-hydrogen) atoms. The van der Waals surface area contributed by atoms with Gasteiger partial charge in [0.2, 0.25) is 5.91 Å². The lowest BCUT2D eigenvalue weighted by atomic mass is 10.1. The number of fused-ring (bicyclic) bond motifs is 1. The van der Waals surface area contributed by atoms with E-state index in [0.29, 0.717) is 5.56 Å². The van der Waals surface area contributed by atoms with Crippen LogP contribution in [0.15, 0.2) is 72.9 Å². The van der Waals surface area contributed by atoms with Crippen molar-refractivity contribution < 1.29 is 14.7 Å². The lowest BCUT2D eigenvalue weighted by Crippen LogP contribution is -2.35. The summed E-state index contributed by atoms with van der Waals surface area (Å²) in [5.74, 6) is 0.288. The number of aromatic nitrogens is 2. The van der Waals surface area contributed by atoms with Crippen molar-refractivity contribution in [2.24, 2.45) is 5.92 Å². The van der Waals surface area contributed by atoms with E-state index in [9.17, 15) is 14.7 Å². The maximum atomic E-state index is 12.8. The van der Waals surface area contributed by atoms with Gasteiger partial charge in [0.05, 0.1) is 30.0 Å². The first kappa shape index (κ1) is 24.2. The molecule has 4 aromatic rings. The summed E-state index contributed by atoms with van der Waals surface area (Å²) in [4.78, 5) is 27.0. The van der Waals surface area contributed by atoms with Gasteiger partial charge in [-0.25, -0.2) is 4.68 Å². The standard InChI is InChI=1S/C30H31N5O3/c36-27-13-15-34(16-14-27)25-8-3-20(4-9-25)29(37)19-31-24-7-12-28-22(17-24)18-32-35(28)26-10-5-23(6-11-26)33-30(38)21-1-2-21/h3-12,17-18,21,27,31,36H,1-2,13-16,19H2,(H,33,38). The first-order valence-electron chi connectivity index (χ1n) is 13.2. The number of carbonyl (C=O) groups is 2. The third-order valence-electron chi connectivity index (χ3n) is 7.37. The first-order valence-corrected chi connectivity index (χ1v) is 13.2. The number of rotatable bonds is 8. The molecule has 0 radical (unpaired) electrons. The van der Waals surface area contributed by atoms with Gasteiger partial charge in [-0.15, -0.1) is 0 Å². The van der Waals surface area contributed by atoms with Gasteiger partial charge < -0.3 is 20.6 Å². The van der Waals surface area contributed by atoms with E-state index in [1.165, 1.54) is 0 Å². The molecule has 194 valence electrons. The number of nitrogens with zero attached hydrogens (tertiary/aromatic N) is 3. The Morgan fingerprint density at radius 2 is 1.55 bits per heavy atom. The molecule has 1 aromatic heterocycles. The second kappa shape index (κ2) is 10.3. The minimum atomic E-state index is -0.204. The van der Waals surface area contributed by atoms with E-state index < -0.39 is 0 Å². The molecule has 6 rings (SSSR count). The van der Waals surface area contributed by atoms with Gasteiger partial charge in [-0.3, -0.25) is 9.59 Å². The molecular formula is C30H31N5O3. The van der Waals surface area contributed by atoms with Crippen LogP contribution in [-0.2, 0) is 4.79 Å². The summed E-state index contributed by atoms with van der Waals surface area (Å²) in [5.41, 5.74) is 5.26. The van der Waals surface area contributed by atoms with Gasteiger partial charge in [-0.1, -0.05) is 0 Å². The highest BCUT2D eigenvalue weighted by molar-refractivity contribution is 5.99. The molecule has 1 aliphatic carbocycles. The largest absolute Gasteiger partial charge is 0.393 e.